The molecule has 0 N–H and O–H groups in total. The summed E-state index contributed by atoms with van der Waals surface area (Å²) in [7, 11) is 0. The molecule has 2 heterocycles. The lowest BCUT2D eigenvalue weighted by atomic mass is 9.76. The van der Waals surface area contributed by atoms with Crippen LogP contribution in [0.5, 0.6) is 11.6 Å². The number of nitrogens with zero attached hydrogens (tertiary/aromatic N) is 2. The highest BCUT2D eigenvalue weighted by atomic mass is 16.5. The summed E-state index contributed by atoms with van der Waals surface area (Å²) in [5.74, 6) is 1.31. The van der Waals surface area contributed by atoms with E-state index in [0.29, 0.717) is 5.88 Å². The van der Waals surface area contributed by atoms with E-state index in [1.807, 2.05) is 48.5 Å². The number of rotatable bonds is 4. The molecule has 1 unspecified atom stereocenters. The van der Waals surface area contributed by atoms with E-state index in [2.05, 4.69) is 65.4 Å². The van der Waals surface area contributed by atoms with E-state index < -0.39 is 5.41 Å². The Labute approximate surface area is 194 Å². The van der Waals surface area contributed by atoms with Gasteiger partial charge in [-0.15, -0.1) is 0 Å². The molecule has 3 aromatic carbocycles. The summed E-state index contributed by atoms with van der Waals surface area (Å²) in [6.07, 6.45) is 2.00. The molecule has 0 saturated carbocycles. The zero-order valence-electron chi connectivity index (χ0n) is 19.2. The van der Waals surface area contributed by atoms with Crippen LogP contribution in [0.4, 0.5) is 0 Å². The molecule has 0 fully saturated rings. The number of hydrogen-bond acceptors (Lipinski definition) is 3. The van der Waals surface area contributed by atoms with E-state index in [1.54, 1.807) is 12.3 Å². The lowest BCUT2D eigenvalue weighted by Gasteiger charge is -2.27. The van der Waals surface area contributed by atoms with Gasteiger partial charge in [0.15, 0.2) is 0 Å². The number of pyridine rings is 2. The molecule has 158 valence electrons. The van der Waals surface area contributed by atoms with Gasteiger partial charge < -0.3 is 4.74 Å². The van der Waals surface area contributed by atoms with Gasteiger partial charge in [-0.1, -0.05) is 60.7 Å². The smallest absolute Gasteiger partial charge is 0.219 e. The average molecular weight is 428 g/mol. The summed E-state index contributed by atoms with van der Waals surface area (Å²) in [4.78, 5) is 8.89. The van der Waals surface area contributed by atoms with Crippen LogP contribution in [0, 0.1) is 0 Å². The first kappa shape index (κ1) is 18.3. The molecule has 5 aromatic rings. The number of aromatic nitrogens is 2. The summed E-state index contributed by atoms with van der Waals surface area (Å²) in [5, 5.41) is 0. The van der Waals surface area contributed by atoms with Crippen LogP contribution in [0.15, 0.2) is 115 Å². The van der Waals surface area contributed by atoms with Crippen molar-refractivity contribution < 1.29 is 6.11 Å². The quantitative estimate of drug-likeness (QED) is 0.302. The van der Waals surface area contributed by atoms with E-state index in [4.69, 9.17) is 6.11 Å². The number of hydrogen-bond donors (Lipinski definition) is 0. The fourth-order valence-electron chi connectivity index (χ4n) is 4.82. The Bertz CT molecular complexity index is 1520. The zero-order chi connectivity index (χ0) is 23.1. The molecule has 3 heteroatoms. The van der Waals surface area contributed by atoms with Crippen LogP contribution < -0.4 is 4.74 Å². The predicted octanol–water partition coefficient (Wildman–Crippen LogP) is 7.27. The SMILES string of the molecule is [2H]c1cccc(C2(C)c3ccccc3-c3ccc(-c4cccc(Oc5ccccn5)c4)cc32)n1. The van der Waals surface area contributed by atoms with Gasteiger partial charge in [0.05, 0.1) is 12.5 Å². The second kappa shape index (κ2) is 7.72. The number of benzene rings is 3. The third kappa shape index (κ3) is 3.21. The Balaban J connectivity index is 1.47. The van der Waals surface area contributed by atoms with Crippen molar-refractivity contribution in [3.8, 4) is 33.9 Å². The molecule has 33 heavy (non-hydrogen) atoms. The van der Waals surface area contributed by atoms with E-state index >= 15 is 0 Å². The standard InChI is InChI=1S/C30H22N2O/c1-30(28-13-4-6-17-31-28)26-12-3-2-11-24(26)25-16-15-22(20-27(25)30)21-9-8-10-23(19-21)33-29-14-5-7-18-32-29/h2-20H,1H3/i17D. The highest BCUT2D eigenvalue weighted by Gasteiger charge is 2.41. The first-order valence-corrected chi connectivity index (χ1v) is 11.0. The zero-order valence-corrected chi connectivity index (χ0v) is 18.2. The molecular weight excluding hydrogens is 404 g/mol. The first-order chi connectivity index (χ1) is 16.6. The Morgan fingerprint density at radius 2 is 1.52 bits per heavy atom. The van der Waals surface area contributed by atoms with Gasteiger partial charge in [0, 0.05) is 18.4 Å². The van der Waals surface area contributed by atoms with E-state index in [0.717, 1.165) is 22.6 Å². The van der Waals surface area contributed by atoms with Gasteiger partial charge in [-0.05, 0) is 76.7 Å². The molecular formula is C30H22N2O. The largest absolute Gasteiger partial charge is 0.439 e. The fraction of sp³-hybridized carbons (Fsp3) is 0.0667. The van der Waals surface area contributed by atoms with Crippen molar-refractivity contribution in [1.82, 2.24) is 9.97 Å². The maximum absolute atomic E-state index is 8.12. The minimum atomic E-state index is -0.443. The molecule has 0 radical (unpaired) electrons. The Kier molecular flexibility index (Phi) is 4.29. The molecule has 6 rings (SSSR count). The van der Waals surface area contributed by atoms with E-state index in [1.165, 1.54) is 22.3 Å². The second-order valence-electron chi connectivity index (χ2n) is 8.38. The van der Waals surface area contributed by atoms with Crippen molar-refractivity contribution >= 4 is 0 Å². The van der Waals surface area contributed by atoms with Crippen molar-refractivity contribution in [2.45, 2.75) is 12.3 Å². The Hall–Kier alpha value is -4.24. The van der Waals surface area contributed by atoms with Crippen molar-refractivity contribution in [2.75, 3.05) is 0 Å². The van der Waals surface area contributed by atoms with Crippen molar-refractivity contribution in [3.05, 3.63) is 132 Å². The van der Waals surface area contributed by atoms with Crippen LogP contribution >= 0.6 is 0 Å². The Morgan fingerprint density at radius 3 is 2.39 bits per heavy atom. The molecule has 0 bridgehead atoms. The van der Waals surface area contributed by atoms with Gasteiger partial charge in [-0.25, -0.2) is 4.98 Å². The van der Waals surface area contributed by atoms with Gasteiger partial charge in [0.25, 0.3) is 0 Å². The van der Waals surface area contributed by atoms with Crippen molar-refractivity contribution in [1.29, 1.82) is 0 Å². The molecule has 1 aliphatic rings. The minimum absolute atomic E-state index is 0.278. The number of fused-ring (bicyclic) bond motifs is 3. The normalized spacial score (nSPS) is 16.6. The average Bonchev–Trinajstić information content (AvgIpc) is 3.14. The minimum Gasteiger partial charge on any atom is -0.439 e. The maximum Gasteiger partial charge on any atom is 0.219 e. The summed E-state index contributed by atoms with van der Waals surface area (Å²) < 4.78 is 14.1. The van der Waals surface area contributed by atoms with Gasteiger partial charge in [0.1, 0.15) is 5.75 Å². The lowest BCUT2D eigenvalue weighted by molar-refractivity contribution is 0.463. The molecule has 0 spiro atoms. The van der Waals surface area contributed by atoms with Crippen LogP contribution in [0.25, 0.3) is 22.3 Å². The van der Waals surface area contributed by atoms with Crippen LogP contribution in [0.2, 0.25) is 0 Å². The summed E-state index contributed by atoms with van der Waals surface area (Å²) in [6.45, 7) is 2.21. The van der Waals surface area contributed by atoms with Gasteiger partial charge in [-0.2, -0.15) is 0 Å². The third-order valence-corrected chi connectivity index (χ3v) is 6.46. The van der Waals surface area contributed by atoms with Crippen LogP contribution in [-0.4, -0.2) is 9.97 Å². The van der Waals surface area contributed by atoms with Gasteiger partial charge >= 0.3 is 0 Å². The molecule has 2 aromatic heterocycles. The van der Waals surface area contributed by atoms with Crippen LogP contribution in [0.3, 0.4) is 0 Å². The number of ether oxygens (including phenoxy) is 1. The third-order valence-electron chi connectivity index (χ3n) is 6.46. The lowest BCUT2D eigenvalue weighted by Crippen LogP contribution is -2.23. The van der Waals surface area contributed by atoms with Gasteiger partial charge in [0.2, 0.25) is 5.88 Å². The molecule has 3 nitrogen and oxygen atoms in total. The summed E-state index contributed by atoms with van der Waals surface area (Å²) >= 11 is 0. The molecule has 1 atom stereocenters. The predicted molar refractivity (Wildman–Crippen MR) is 131 cm³/mol. The summed E-state index contributed by atoms with van der Waals surface area (Å²) in [5.41, 5.74) is 7.45. The van der Waals surface area contributed by atoms with Gasteiger partial charge in [-0.3, -0.25) is 4.98 Å². The molecule has 1 aliphatic carbocycles. The first-order valence-electron chi connectivity index (χ1n) is 11.5. The highest BCUT2D eigenvalue weighted by molar-refractivity contribution is 5.85. The molecule has 0 aliphatic heterocycles. The van der Waals surface area contributed by atoms with E-state index in [9.17, 15) is 0 Å². The van der Waals surface area contributed by atoms with E-state index in [-0.39, 0.29) is 6.17 Å². The Morgan fingerprint density at radius 1 is 0.697 bits per heavy atom. The second-order valence-corrected chi connectivity index (χ2v) is 8.38. The maximum atomic E-state index is 8.12. The molecule has 0 amide bonds. The molecule has 0 saturated heterocycles. The monoisotopic (exact) mass is 427 g/mol. The topological polar surface area (TPSA) is 35.0 Å². The van der Waals surface area contributed by atoms with Crippen molar-refractivity contribution in [2.24, 2.45) is 0 Å². The highest BCUT2D eigenvalue weighted by Crippen LogP contribution is 2.52. The fourth-order valence-corrected chi connectivity index (χ4v) is 4.82. The summed E-state index contributed by atoms with van der Waals surface area (Å²) in [6, 6.07) is 34.5. The van der Waals surface area contributed by atoms with Crippen LogP contribution in [0.1, 0.15) is 25.1 Å². The van der Waals surface area contributed by atoms with Crippen LogP contribution in [-0.2, 0) is 5.41 Å². The van der Waals surface area contributed by atoms with Crippen molar-refractivity contribution in [3.63, 3.8) is 0 Å².